The largest absolute Gasteiger partial charge is 0.393 e. The lowest BCUT2D eigenvalue weighted by atomic mass is 9.57. The predicted octanol–water partition coefficient (Wildman–Crippen LogP) is 5.75. The molecule has 2 nitrogen and oxygen atoms in total. The zero-order valence-corrected chi connectivity index (χ0v) is 19.5. The van der Waals surface area contributed by atoms with E-state index in [4.69, 9.17) is 0 Å². The first kappa shape index (κ1) is 22.6. The molecule has 2 aliphatic carbocycles. The van der Waals surface area contributed by atoms with Crippen LogP contribution in [0.15, 0.2) is 0 Å². The van der Waals surface area contributed by atoms with Crippen LogP contribution in [0.4, 0.5) is 0 Å². The Morgan fingerprint density at radius 1 is 0.846 bits per heavy atom. The van der Waals surface area contributed by atoms with Gasteiger partial charge in [-0.25, -0.2) is 0 Å². The topological polar surface area (TPSA) is 40.5 Å². The molecule has 2 saturated carbocycles. The summed E-state index contributed by atoms with van der Waals surface area (Å²) < 4.78 is 0. The molecule has 0 bridgehead atoms. The molecular weight excluding hydrogens is 340 g/mol. The smallest absolute Gasteiger partial charge is 0.0602 e. The van der Waals surface area contributed by atoms with E-state index in [-0.39, 0.29) is 28.5 Å². The van der Waals surface area contributed by atoms with Gasteiger partial charge in [0, 0.05) is 10.5 Å². The number of aliphatic hydroxyl groups is 2. The van der Waals surface area contributed by atoms with Crippen molar-refractivity contribution in [2.75, 3.05) is 0 Å². The fourth-order valence-electron chi connectivity index (χ4n) is 5.19. The van der Waals surface area contributed by atoms with Gasteiger partial charge in [-0.1, -0.05) is 62.3 Å². The Bertz CT molecular complexity index is 478. The van der Waals surface area contributed by atoms with Crippen LogP contribution in [0.2, 0.25) is 0 Å². The Hall–Kier alpha value is 0.270. The molecule has 0 amide bonds. The van der Waals surface area contributed by atoms with Crippen molar-refractivity contribution in [1.82, 2.24) is 0 Å². The first-order valence-corrected chi connectivity index (χ1v) is 11.6. The minimum Gasteiger partial charge on any atom is -0.393 e. The lowest BCUT2D eigenvalue weighted by Crippen LogP contribution is -2.51. The van der Waals surface area contributed by atoms with Gasteiger partial charge in [-0.2, -0.15) is 11.8 Å². The van der Waals surface area contributed by atoms with Gasteiger partial charge in [0.15, 0.2) is 0 Å². The van der Waals surface area contributed by atoms with Gasteiger partial charge in [0.25, 0.3) is 0 Å². The van der Waals surface area contributed by atoms with E-state index in [9.17, 15) is 10.2 Å². The van der Waals surface area contributed by atoms with Crippen molar-refractivity contribution in [3.8, 4) is 0 Å². The maximum absolute atomic E-state index is 10.9. The highest BCUT2D eigenvalue weighted by Gasteiger charge is 2.50. The molecule has 8 unspecified atom stereocenters. The van der Waals surface area contributed by atoms with Crippen LogP contribution in [0.1, 0.15) is 88.0 Å². The lowest BCUT2D eigenvalue weighted by molar-refractivity contribution is -0.0802. The molecule has 2 rings (SSSR count). The molecule has 0 aliphatic heterocycles. The molecule has 2 aliphatic rings. The van der Waals surface area contributed by atoms with Crippen molar-refractivity contribution in [2.45, 2.75) is 111 Å². The molecule has 26 heavy (non-hydrogen) atoms. The molecule has 0 heterocycles. The molecule has 8 atom stereocenters. The number of hydrogen-bond donors (Lipinski definition) is 2. The van der Waals surface area contributed by atoms with Gasteiger partial charge in [0.2, 0.25) is 0 Å². The zero-order chi connectivity index (χ0) is 20.1. The maximum Gasteiger partial charge on any atom is 0.0602 e. The summed E-state index contributed by atoms with van der Waals surface area (Å²) in [4.78, 5) is 0. The Morgan fingerprint density at radius 2 is 1.38 bits per heavy atom. The van der Waals surface area contributed by atoms with Gasteiger partial charge in [-0.15, -0.1) is 0 Å². The molecule has 0 aromatic heterocycles. The number of hydrogen-bond acceptors (Lipinski definition) is 3. The van der Waals surface area contributed by atoms with E-state index in [2.05, 4.69) is 74.1 Å². The van der Waals surface area contributed by atoms with E-state index in [0.29, 0.717) is 28.3 Å². The van der Waals surface area contributed by atoms with Gasteiger partial charge >= 0.3 is 0 Å². The summed E-state index contributed by atoms with van der Waals surface area (Å²) in [6.45, 7) is 20.6. The minimum atomic E-state index is -0.206. The highest BCUT2D eigenvalue weighted by Crippen LogP contribution is 2.55. The Kier molecular flexibility index (Phi) is 6.59. The summed E-state index contributed by atoms with van der Waals surface area (Å²) in [5, 5.41) is 22.7. The first-order valence-electron chi connectivity index (χ1n) is 10.7. The third-order valence-corrected chi connectivity index (χ3v) is 9.95. The maximum atomic E-state index is 10.9. The summed E-state index contributed by atoms with van der Waals surface area (Å²) >= 11 is 2.18. The Balaban J connectivity index is 2.15. The van der Waals surface area contributed by atoms with Crippen LogP contribution in [0.5, 0.6) is 0 Å². The summed E-state index contributed by atoms with van der Waals surface area (Å²) in [5.41, 5.74) is 0.235. The van der Waals surface area contributed by atoms with Crippen molar-refractivity contribution in [3.63, 3.8) is 0 Å². The van der Waals surface area contributed by atoms with Gasteiger partial charge < -0.3 is 10.2 Å². The Morgan fingerprint density at radius 3 is 1.88 bits per heavy atom. The van der Waals surface area contributed by atoms with Crippen molar-refractivity contribution in [1.29, 1.82) is 0 Å². The van der Waals surface area contributed by atoms with E-state index in [1.165, 1.54) is 0 Å². The third-order valence-electron chi connectivity index (χ3n) is 7.96. The second-order valence-electron chi connectivity index (χ2n) is 11.8. The van der Waals surface area contributed by atoms with Gasteiger partial charge in [-0.3, -0.25) is 0 Å². The highest BCUT2D eigenvalue weighted by molar-refractivity contribution is 8.00. The van der Waals surface area contributed by atoms with Crippen molar-refractivity contribution >= 4 is 11.8 Å². The van der Waals surface area contributed by atoms with Crippen LogP contribution in [0, 0.1) is 34.0 Å². The molecule has 0 aromatic carbocycles. The molecule has 0 spiro atoms. The molecule has 2 fully saturated rings. The predicted molar refractivity (Wildman–Crippen MR) is 114 cm³/mol. The molecule has 0 saturated heterocycles. The average Bonchev–Trinajstić information content (AvgIpc) is 2.44. The van der Waals surface area contributed by atoms with E-state index in [0.717, 1.165) is 25.7 Å². The summed E-state index contributed by atoms with van der Waals surface area (Å²) in [5.74, 6) is 1.50. The van der Waals surface area contributed by atoms with Crippen molar-refractivity contribution < 1.29 is 10.2 Å². The monoisotopic (exact) mass is 384 g/mol. The fraction of sp³-hybridized carbons (Fsp3) is 1.00. The quantitative estimate of drug-likeness (QED) is 0.636. The van der Waals surface area contributed by atoms with Gasteiger partial charge in [-0.05, 0) is 59.7 Å². The summed E-state index contributed by atoms with van der Waals surface area (Å²) in [6, 6.07) is 0. The minimum absolute atomic E-state index is 0.0297. The van der Waals surface area contributed by atoms with Gasteiger partial charge in [0.05, 0.1) is 12.2 Å². The molecule has 2 N–H and O–H groups in total. The van der Waals surface area contributed by atoms with E-state index in [1.807, 2.05) is 0 Å². The van der Waals surface area contributed by atoms with E-state index in [1.54, 1.807) is 0 Å². The molecular formula is C23H44O2S. The van der Waals surface area contributed by atoms with E-state index < -0.39 is 0 Å². The van der Waals surface area contributed by atoms with Crippen molar-refractivity contribution in [3.05, 3.63) is 0 Å². The zero-order valence-electron chi connectivity index (χ0n) is 18.7. The third kappa shape index (κ3) is 4.46. The number of thioether (sulfide) groups is 1. The number of aliphatic hydroxyl groups excluding tert-OH is 2. The standard InChI is InChI=1S/C23H44O2S/c1-14-10-17(24)16(21(3,4)5)12-18(14)26-19-13-23(9,22(6,7)8)20(25)11-15(19)2/h14-20,24-25H,10-13H2,1-9H3. The SMILES string of the molecule is CC1CC(O)C(C(C)(C)C)CC1SC1CC(C)(C(C)(C)C)C(O)CC1C. The lowest BCUT2D eigenvalue weighted by Gasteiger charge is -2.53. The second-order valence-corrected chi connectivity index (χ2v) is 13.3. The Labute approximate surface area is 166 Å². The molecule has 154 valence electrons. The summed E-state index contributed by atoms with van der Waals surface area (Å²) in [6.07, 6.45) is 3.69. The normalized spacial score (nSPS) is 45.6. The molecule has 3 heteroatoms. The average molecular weight is 385 g/mol. The molecule has 0 radical (unpaired) electrons. The van der Waals surface area contributed by atoms with Crippen LogP contribution in [0.25, 0.3) is 0 Å². The van der Waals surface area contributed by atoms with Crippen molar-refractivity contribution in [2.24, 2.45) is 34.0 Å². The highest BCUT2D eigenvalue weighted by atomic mass is 32.2. The summed E-state index contributed by atoms with van der Waals surface area (Å²) in [7, 11) is 0. The van der Waals surface area contributed by atoms with Crippen LogP contribution < -0.4 is 0 Å². The van der Waals surface area contributed by atoms with E-state index >= 15 is 0 Å². The van der Waals surface area contributed by atoms with Crippen LogP contribution >= 0.6 is 11.8 Å². The van der Waals surface area contributed by atoms with Crippen LogP contribution in [-0.2, 0) is 0 Å². The fourth-order valence-corrected chi connectivity index (χ4v) is 7.16. The van der Waals surface area contributed by atoms with Gasteiger partial charge in [0.1, 0.15) is 0 Å². The number of rotatable bonds is 2. The first-order chi connectivity index (χ1) is 11.7. The second kappa shape index (κ2) is 7.59. The van der Waals surface area contributed by atoms with Crippen LogP contribution in [-0.4, -0.2) is 32.9 Å². The van der Waals surface area contributed by atoms with Crippen LogP contribution in [0.3, 0.4) is 0 Å². The molecule has 0 aromatic rings.